The van der Waals surface area contributed by atoms with Crippen LogP contribution in [0.1, 0.15) is 25.8 Å². The van der Waals surface area contributed by atoms with E-state index < -0.39 is 0 Å². The molecule has 0 aliphatic carbocycles. The SMILES string of the molecule is CCC(C)(OC)C(Cc1ccc(Cl)c(Cl)c1)NN. The average molecular weight is 291 g/mol. The first kappa shape index (κ1) is 15.7. The quantitative estimate of drug-likeness (QED) is 0.625. The van der Waals surface area contributed by atoms with Crippen LogP contribution < -0.4 is 11.3 Å². The van der Waals surface area contributed by atoms with Gasteiger partial charge in [-0.3, -0.25) is 11.3 Å². The summed E-state index contributed by atoms with van der Waals surface area (Å²) < 4.78 is 5.56. The summed E-state index contributed by atoms with van der Waals surface area (Å²) in [5.74, 6) is 5.64. The first-order chi connectivity index (χ1) is 8.46. The first-order valence-corrected chi connectivity index (χ1v) is 6.67. The Bertz CT molecular complexity index is 395. The molecule has 3 nitrogen and oxygen atoms in total. The van der Waals surface area contributed by atoms with Gasteiger partial charge in [0.05, 0.1) is 21.7 Å². The minimum Gasteiger partial charge on any atom is -0.377 e. The number of nitrogens with two attached hydrogens (primary N) is 1. The Balaban J connectivity index is 2.88. The highest BCUT2D eigenvalue weighted by molar-refractivity contribution is 6.42. The molecule has 0 amide bonds. The molecule has 0 saturated heterocycles. The van der Waals surface area contributed by atoms with Crippen LogP contribution in [0.2, 0.25) is 10.0 Å². The Hall–Kier alpha value is -0.320. The molecule has 0 radical (unpaired) electrons. The van der Waals surface area contributed by atoms with Gasteiger partial charge in [-0.1, -0.05) is 36.2 Å². The lowest BCUT2D eigenvalue weighted by Crippen LogP contribution is -2.53. The number of benzene rings is 1. The summed E-state index contributed by atoms with van der Waals surface area (Å²) >= 11 is 11.9. The van der Waals surface area contributed by atoms with Gasteiger partial charge in [0.2, 0.25) is 0 Å². The molecule has 1 aromatic carbocycles. The molecule has 18 heavy (non-hydrogen) atoms. The van der Waals surface area contributed by atoms with E-state index in [0.717, 1.165) is 18.4 Å². The maximum atomic E-state index is 6.01. The maximum Gasteiger partial charge on any atom is 0.0817 e. The highest BCUT2D eigenvalue weighted by Crippen LogP contribution is 2.26. The number of nitrogens with one attached hydrogen (secondary N) is 1. The van der Waals surface area contributed by atoms with Gasteiger partial charge in [-0.2, -0.15) is 0 Å². The van der Waals surface area contributed by atoms with Gasteiger partial charge in [-0.25, -0.2) is 0 Å². The zero-order valence-electron chi connectivity index (χ0n) is 11.0. The van der Waals surface area contributed by atoms with Crippen LogP contribution in [-0.2, 0) is 11.2 Å². The van der Waals surface area contributed by atoms with Crippen molar-refractivity contribution >= 4 is 23.2 Å². The highest BCUT2D eigenvalue weighted by atomic mass is 35.5. The van der Waals surface area contributed by atoms with E-state index in [9.17, 15) is 0 Å². The van der Waals surface area contributed by atoms with Crippen LogP contribution in [0.15, 0.2) is 18.2 Å². The fraction of sp³-hybridized carbons (Fsp3) is 0.538. The standard InChI is InChI=1S/C13H20Cl2N2O/c1-4-13(2,18-3)12(17-16)8-9-5-6-10(14)11(15)7-9/h5-7,12,17H,4,8,16H2,1-3H3. The lowest BCUT2D eigenvalue weighted by molar-refractivity contribution is -0.0288. The molecule has 0 heterocycles. The molecule has 0 saturated carbocycles. The van der Waals surface area contributed by atoms with Gasteiger partial charge in [0.1, 0.15) is 0 Å². The van der Waals surface area contributed by atoms with Crippen LogP contribution >= 0.6 is 23.2 Å². The van der Waals surface area contributed by atoms with E-state index in [1.54, 1.807) is 13.2 Å². The second-order valence-electron chi connectivity index (χ2n) is 4.54. The summed E-state index contributed by atoms with van der Waals surface area (Å²) in [7, 11) is 1.70. The number of hydrogen-bond donors (Lipinski definition) is 2. The highest BCUT2D eigenvalue weighted by Gasteiger charge is 2.31. The summed E-state index contributed by atoms with van der Waals surface area (Å²) in [6, 6.07) is 5.61. The van der Waals surface area contributed by atoms with Crippen molar-refractivity contribution in [2.45, 2.75) is 38.3 Å². The molecule has 1 rings (SSSR count). The maximum absolute atomic E-state index is 6.01. The number of hydrogen-bond acceptors (Lipinski definition) is 3. The normalized spacial score (nSPS) is 16.3. The third-order valence-corrected chi connectivity index (χ3v) is 4.27. The van der Waals surface area contributed by atoms with E-state index in [0.29, 0.717) is 10.0 Å². The third-order valence-electron chi connectivity index (χ3n) is 3.53. The second kappa shape index (κ2) is 6.73. The van der Waals surface area contributed by atoms with Gasteiger partial charge in [0.15, 0.2) is 0 Å². The van der Waals surface area contributed by atoms with E-state index in [4.69, 9.17) is 33.8 Å². The minimum atomic E-state index is -0.319. The van der Waals surface area contributed by atoms with E-state index in [1.165, 1.54) is 0 Å². The number of rotatable bonds is 6. The third kappa shape index (κ3) is 3.59. The second-order valence-corrected chi connectivity index (χ2v) is 5.36. The summed E-state index contributed by atoms with van der Waals surface area (Å²) in [6.45, 7) is 4.11. The van der Waals surface area contributed by atoms with Gasteiger partial charge in [0, 0.05) is 7.11 Å². The zero-order chi connectivity index (χ0) is 13.8. The number of methoxy groups -OCH3 is 1. The van der Waals surface area contributed by atoms with E-state index >= 15 is 0 Å². The fourth-order valence-electron chi connectivity index (χ4n) is 1.89. The molecule has 5 heteroatoms. The van der Waals surface area contributed by atoms with Crippen LogP contribution in [0.25, 0.3) is 0 Å². The number of ether oxygens (including phenoxy) is 1. The molecule has 0 aliphatic heterocycles. The molecule has 2 atom stereocenters. The van der Waals surface area contributed by atoms with Crippen molar-refractivity contribution in [1.82, 2.24) is 5.43 Å². The van der Waals surface area contributed by atoms with E-state index in [-0.39, 0.29) is 11.6 Å². The van der Waals surface area contributed by atoms with E-state index in [1.807, 2.05) is 19.1 Å². The molecule has 0 fully saturated rings. The molecule has 0 spiro atoms. The van der Waals surface area contributed by atoms with Gasteiger partial charge in [-0.05, 0) is 37.5 Å². The molecule has 1 aromatic rings. The van der Waals surface area contributed by atoms with Crippen LogP contribution in [0.5, 0.6) is 0 Å². The molecule has 2 unspecified atom stereocenters. The summed E-state index contributed by atoms with van der Waals surface area (Å²) in [4.78, 5) is 0. The lowest BCUT2D eigenvalue weighted by Gasteiger charge is -2.35. The fourth-order valence-corrected chi connectivity index (χ4v) is 2.21. The predicted molar refractivity (Wildman–Crippen MR) is 77.0 cm³/mol. The first-order valence-electron chi connectivity index (χ1n) is 5.92. The van der Waals surface area contributed by atoms with Gasteiger partial charge < -0.3 is 4.74 Å². The van der Waals surface area contributed by atoms with E-state index in [2.05, 4.69) is 12.3 Å². The van der Waals surface area contributed by atoms with Crippen LogP contribution in [0, 0.1) is 0 Å². The van der Waals surface area contributed by atoms with Crippen LogP contribution in [0.4, 0.5) is 0 Å². The summed E-state index contributed by atoms with van der Waals surface area (Å²) in [5.41, 5.74) is 3.58. The molecule has 0 bridgehead atoms. The average Bonchev–Trinajstić information content (AvgIpc) is 2.39. The Labute approximate surface area is 119 Å². The Morgan fingerprint density at radius 3 is 2.50 bits per heavy atom. The lowest BCUT2D eigenvalue weighted by atomic mass is 9.89. The Morgan fingerprint density at radius 1 is 1.39 bits per heavy atom. The van der Waals surface area contributed by atoms with Crippen molar-refractivity contribution in [2.24, 2.45) is 5.84 Å². The Morgan fingerprint density at radius 2 is 2.06 bits per heavy atom. The summed E-state index contributed by atoms with van der Waals surface area (Å²) in [6.07, 6.45) is 1.59. The van der Waals surface area contributed by atoms with Crippen molar-refractivity contribution in [1.29, 1.82) is 0 Å². The molecule has 0 aliphatic rings. The molecule has 102 valence electrons. The van der Waals surface area contributed by atoms with Crippen LogP contribution in [0.3, 0.4) is 0 Å². The zero-order valence-corrected chi connectivity index (χ0v) is 12.5. The van der Waals surface area contributed by atoms with Crippen molar-refractivity contribution in [3.8, 4) is 0 Å². The van der Waals surface area contributed by atoms with Crippen LogP contribution in [-0.4, -0.2) is 18.8 Å². The molecule has 3 N–H and O–H groups in total. The largest absolute Gasteiger partial charge is 0.377 e. The van der Waals surface area contributed by atoms with Gasteiger partial charge >= 0.3 is 0 Å². The van der Waals surface area contributed by atoms with Crippen molar-refractivity contribution < 1.29 is 4.74 Å². The minimum absolute atomic E-state index is 0.00439. The number of halogens is 2. The Kier molecular flexibility index (Phi) is 5.89. The number of hydrazine groups is 1. The summed E-state index contributed by atoms with van der Waals surface area (Å²) in [5, 5.41) is 1.11. The van der Waals surface area contributed by atoms with Crippen molar-refractivity contribution in [3.05, 3.63) is 33.8 Å². The molecular weight excluding hydrogens is 271 g/mol. The molecular formula is C13H20Cl2N2O. The topological polar surface area (TPSA) is 47.3 Å². The smallest absolute Gasteiger partial charge is 0.0817 e. The van der Waals surface area contributed by atoms with Crippen molar-refractivity contribution in [3.63, 3.8) is 0 Å². The van der Waals surface area contributed by atoms with Gasteiger partial charge in [0.25, 0.3) is 0 Å². The van der Waals surface area contributed by atoms with Crippen molar-refractivity contribution in [2.75, 3.05) is 7.11 Å². The molecule has 0 aromatic heterocycles. The van der Waals surface area contributed by atoms with Gasteiger partial charge in [-0.15, -0.1) is 0 Å². The predicted octanol–water partition coefficient (Wildman–Crippen LogP) is 3.18. The monoisotopic (exact) mass is 290 g/mol.